The van der Waals surface area contributed by atoms with E-state index >= 15 is 0 Å². The molecule has 0 radical (unpaired) electrons. The first-order valence-corrected chi connectivity index (χ1v) is 11.7. The van der Waals surface area contributed by atoms with E-state index in [4.69, 9.17) is 0 Å². The number of rotatable bonds is 9. The maximum atomic E-state index is 3.89. The van der Waals surface area contributed by atoms with Gasteiger partial charge >= 0.3 is 0 Å². The Bertz CT molecular complexity index is 566. The van der Waals surface area contributed by atoms with Crippen LogP contribution >= 0.6 is 0 Å². The first-order chi connectivity index (χ1) is 13.3. The van der Waals surface area contributed by atoms with Gasteiger partial charge in [-0.25, -0.2) is 0 Å². The molecule has 150 valence electrons. The van der Waals surface area contributed by atoms with Gasteiger partial charge in [-0.1, -0.05) is 76.5 Å². The monoisotopic (exact) mass is 368 g/mol. The lowest BCUT2D eigenvalue weighted by Crippen LogP contribution is -2.24. The highest BCUT2D eigenvalue weighted by atomic mass is 14.9. The Morgan fingerprint density at radius 3 is 2.19 bits per heavy atom. The molecule has 0 aliphatic heterocycles. The molecule has 2 heteroatoms. The molecule has 1 aromatic rings. The lowest BCUT2D eigenvalue weighted by molar-refractivity contribution is 0.461. The molecule has 0 spiro atoms. The lowest BCUT2D eigenvalue weighted by atomic mass is 9.94. The molecular weight excluding hydrogens is 328 g/mol. The summed E-state index contributed by atoms with van der Waals surface area (Å²) in [6.45, 7) is 2.27. The molecule has 0 unspecified atom stereocenters. The van der Waals surface area contributed by atoms with Crippen molar-refractivity contribution in [3.8, 4) is 0 Å². The van der Waals surface area contributed by atoms with Gasteiger partial charge in [0.1, 0.15) is 0 Å². The van der Waals surface area contributed by atoms with Gasteiger partial charge in [0.2, 0.25) is 0 Å². The van der Waals surface area contributed by atoms with E-state index in [0.29, 0.717) is 12.1 Å². The van der Waals surface area contributed by atoms with Gasteiger partial charge in [0.25, 0.3) is 0 Å². The third kappa shape index (κ3) is 6.90. The number of anilines is 2. The molecule has 0 atom stereocenters. The predicted octanol–water partition coefficient (Wildman–Crippen LogP) is 7.77. The zero-order valence-electron chi connectivity index (χ0n) is 17.4. The Morgan fingerprint density at radius 1 is 0.852 bits per heavy atom. The van der Waals surface area contributed by atoms with E-state index in [-0.39, 0.29) is 0 Å². The van der Waals surface area contributed by atoms with E-state index in [9.17, 15) is 0 Å². The van der Waals surface area contributed by atoms with Crippen molar-refractivity contribution in [1.29, 1.82) is 0 Å². The summed E-state index contributed by atoms with van der Waals surface area (Å²) in [6, 6.07) is 8.28. The summed E-state index contributed by atoms with van der Waals surface area (Å²) in [4.78, 5) is 0. The molecule has 0 saturated heterocycles. The summed E-state index contributed by atoms with van der Waals surface area (Å²) >= 11 is 0. The van der Waals surface area contributed by atoms with Crippen molar-refractivity contribution in [3.05, 3.63) is 29.8 Å². The molecule has 2 saturated carbocycles. The first kappa shape index (κ1) is 20.3. The van der Waals surface area contributed by atoms with Gasteiger partial charge in [0.15, 0.2) is 0 Å². The molecule has 0 bridgehead atoms. The second-order valence-electron chi connectivity index (χ2n) is 8.66. The SMILES string of the molecule is CCCCCC=Cc1ccc(NC2CCCCC2)cc1NC1CCCCC1. The van der Waals surface area contributed by atoms with E-state index in [0.717, 1.165) is 0 Å². The number of unbranched alkanes of at least 4 members (excludes halogenated alkanes) is 3. The fraction of sp³-hybridized carbons (Fsp3) is 0.680. The average Bonchev–Trinajstić information content (AvgIpc) is 2.71. The number of benzene rings is 1. The molecule has 2 N–H and O–H groups in total. The van der Waals surface area contributed by atoms with Crippen LogP contribution in [0.15, 0.2) is 24.3 Å². The fourth-order valence-corrected chi connectivity index (χ4v) is 4.59. The van der Waals surface area contributed by atoms with Gasteiger partial charge < -0.3 is 10.6 Å². The van der Waals surface area contributed by atoms with Crippen LogP contribution < -0.4 is 10.6 Å². The summed E-state index contributed by atoms with van der Waals surface area (Å²) in [7, 11) is 0. The molecule has 3 rings (SSSR count). The third-order valence-electron chi connectivity index (χ3n) is 6.27. The van der Waals surface area contributed by atoms with Gasteiger partial charge in [-0.3, -0.25) is 0 Å². The Morgan fingerprint density at radius 2 is 1.52 bits per heavy atom. The van der Waals surface area contributed by atoms with Crippen LogP contribution in [-0.4, -0.2) is 12.1 Å². The van der Waals surface area contributed by atoms with E-state index in [2.05, 4.69) is 47.9 Å². The zero-order valence-corrected chi connectivity index (χ0v) is 17.4. The van der Waals surface area contributed by atoms with E-state index in [1.807, 2.05) is 0 Å². The smallest absolute Gasteiger partial charge is 0.0436 e. The quantitative estimate of drug-likeness (QED) is 0.435. The molecule has 2 aliphatic carbocycles. The molecule has 0 aromatic heterocycles. The van der Waals surface area contributed by atoms with Crippen molar-refractivity contribution in [2.75, 3.05) is 10.6 Å². The van der Waals surface area contributed by atoms with E-state index < -0.39 is 0 Å². The van der Waals surface area contributed by atoms with Crippen molar-refractivity contribution in [3.63, 3.8) is 0 Å². The predicted molar refractivity (Wildman–Crippen MR) is 121 cm³/mol. The second kappa shape index (κ2) is 11.4. The normalized spacial score (nSPS) is 19.4. The summed E-state index contributed by atoms with van der Waals surface area (Å²) in [5.74, 6) is 0. The van der Waals surface area contributed by atoms with Crippen molar-refractivity contribution in [1.82, 2.24) is 0 Å². The molecular formula is C25H40N2. The molecule has 2 aliphatic rings. The second-order valence-corrected chi connectivity index (χ2v) is 8.66. The van der Waals surface area contributed by atoms with Crippen LogP contribution in [0.4, 0.5) is 11.4 Å². The first-order valence-electron chi connectivity index (χ1n) is 11.7. The van der Waals surface area contributed by atoms with Gasteiger partial charge in [0, 0.05) is 23.5 Å². The minimum absolute atomic E-state index is 0.649. The van der Waals surface area contributed by atoms with Crippen LogP contribution in [0.2, 0.25) is 0 Å². The molecule has 2 nitrogen and oxygen atoms in total. The van der Waals surface area contributed by atoms with E-state index in [1.165, 1.54) is 107 Å². The fourth-order valence-electron chi connectivity index (χ4n) is 4.59. The minimum atomic E-state index is 0.649. The highest BCUT2D eigenvalue weighted by Gasteiger charge is 2.16. The molecule has 27 heavy (non-hydrogen) atoms. The van der Waals surface area contributed by atoms with Gasteiger partial charge in [-0.05, 0) is 56.2 Å². The highest BCUT2D eigenvalue weighted by molar-refractivity contribution is 5.71. The highest BCUT2D eigenvalue weighted by Crippen LogP contribution is 2.29. The van der Waals surface area contributed by atoms with Crippen molar-refractivity contribution >= 4 is 17.5 Å². The topological polar surface area (TPSA) is 24.1 Å². The van der Waals surface area contributed by atoms with Crippen LogP contribution in [0.1, 0.15) is 102 Å². The van der Waals surface area contributed by atoms with Gasteiger partial charge in [0.05, 0.1) is 0 Å². The van der Waals surface area contributed by atoms with Crippen LogP contribution in [0.5, 0.6) is 0 Å². The standard InChI is InChI=1S/C25H40N2/c1-2-3-4-5-8-13-21-18-19-24(26-22-14-9-6-10-15-22)20-25(21)27-23-16-11-7-12-17-23/h8,13,18-20,22-23,26-27H,2-7,9-12,14-17H2,1H3. The average molecular weight is 369 g/mol. The Balaban J connectivity index is 1.67. The summed E-state index contributed by atoms with van der Waals surface area (Å²) in [5, 5.41) is 7.69. The Labute approximate surface area is 167 Å². The maximum absolute atomic E-state index is 3.89. The summed E-state index contributed by atoms with van der Waals surface area (Å²) in [6.07, 6.45) is 23.4. The third-order valence-corrected chi connectivity index (χ3v) is 6.27. The van der Waals surface area contributed by atoms with Crippen LogP contribution in [0.25, 0.3) is 6.08 Å². The van der Waals surface area contributed by atoms with Crippen molar-refractivity contribution in [2.45, 2.75) is 109 Å². The minimum Gasteiger partial charge on any atom is -0.382 e. The number of nitrogens with one attached hydrogen (secondary N) is 2. The van der Waals surface area contributed by atoms with Gasteiger partial charge in [-0.15, -0.1) is 0 Å². The number of hydrogen-bond acceptors (Lipinski definition) is 2. The van der Waals surface area contributed by atoms with Crippen LogP contribution in [-0.2, 0) is 0 Å². The zero-order chi connectivity index (χ0) is 18.7. The van der Waals surface area contributed by atoms with Crippen molar-refractivity contribution < 1.29 is 0 Å². The Kier molecular flexibility index (Phi) is 8.58. The van der Waals surface area contributed by atoms with Gasteiger partial charge in [-0.2, -0.15) is 0 Å². The lowest BCUT2D eigenvalue weighted by Gasteiger charge is -2.27. The Hall–Kier alpha value is -1.44. The molecule has 2 fully saturated rings. The largest absolute Gasteiger partial charge is 0.382 e. The summed E-state index contributed by atoms with van der Waals surface area (Å²) in [5.41, 5.74) is 3.98. The summed E-state index contributed by atoms with van der Waals surface area (Å²) < 4.78 is 0. The number of allylic oxidation sites excluding steroid dienone is 1. The van der Waals surface area contributed by atoms with Crippen LogP contribution in [0, 0.1) is 0 Å². The molecule has 1 aromatic carbocycles. The van der Waals surface area contributed by atoms with E-state index in [1.54, 1.807) is 0 Å². The maximum Gasteiger partial charge on any atom is 0.0436 e. The molecule has 0 amide bonds. The van der Waals surface area contributed by atoms with Crippen molar-refractivity contribution in [2.24, 2.45) is 0 Å². The molecule has 0 heterocycles. The van der Waals surface area contributed by atoms with Crippen LogP contribution in [0.3, 0.4) is 0 Å². The number of hydrogen-bond donors (Lipinski definition) is 2.